The molecule has 1 nitrogen and oxygen atoms in total. The number of hydrogen-bond acceptors (Lipinski definition) is 1. The fraction of sp³-hybridized carbons (Fsp3) is 0.125. The zero-order valence-corrected chi connectivity index (χ0v) is 9.94. The maximum atomic E-state index is 13.0. The molecular formula is C8H5BrFIO. The molecule has 0 saturated heterocycles. The standard InChI is InChI=1S/C8H5BrFIO/c1-4(12)7-6(10)3-2-5(9)8(7)11/h2-3H,1H3. The molecule has 0 spiro atoms. The van der Waals surface area contributed by atoms with Gasteiger partial charge in [-0.1, -0.05) is 0 Å². The van der Waals surface area contributed by atoms with E-state index < -0.39 is 5.82 Å². The third kappa shape index (κ3) is 1.85. The van der Waals surface area contributed by atoms with Gasteiger partial charge in [0.2, 0.25) is 0 Å². The number of carbonyl (C=O) groups is 1. The van der Waals surface area contributed by atoms with Crippen LogP contribution < -0.4 is 0 Å². The molecule has 12 heavy (non-hydrogen) atoms. The Morgan fingerprint density at radius 1 is 1.58 bits per heavy atom. The first-order valence-electron chi connectivity index (χ1n) is 3.18. The minimum absolute atomic E-state index is 0.157. The Morgan fingerprint density at radius 2 is 2.17 bits per heavy atom. The summed E-state index contributed by atoms with van der Waals surface area (Å²) in [6.45, 7) is 1.35. The summed E-state index contributed by atoms with van der Waals surface area (Å²) >= 11 is 5.16. The van der Waals surface area contributed by atoms with E-state index in [1.807, 2.05) is 22.6 Å². The predicted octanol–water partition coefficient (Wildman–Crippen LogP) is 3.40. The molecular weight excluding hydrogens is 338 g/mol. The molecule has 4 heteroatoms. The largest absolute Gasteiger partial charge is 0.294 e. The highest BCUT2D eigenvalue weighted by Crippen LogP contribution is 2.25. The minimum Gasteiger partial charge on any atom is -0.294 e. The number of halogens is 3. The lowest BCUT2D eigenvalue weighted by Gasteiger charge is -2.03. The van der Waals surface area contributed by atoms with E-state index in [4.69, 9.17) is 0 Å². The summed E-state index contributed by atoms with van der Waals surface area (Å²) in [6.07, 6.45) is 0. The fourth-order valence-corrected chi connectivity index (χ4v) is 2.00. The van der Waals surface area contributed by atoms with E-state index in [0.717, 1.165) is 4.47 Å². The topological polar surface area (TPSA) is 17.1 Å². The normalized spacial score (nSPS) is 10.0. The molecule has 0 heterocycles. The van der Waals surface area contributed by atoms with E-state index in [1.165, 1.54) is 13.0 Å². The Labute approximate surface area is 91.6 Å². The summed E-state index contributed by atoms with van der Waals surface area (Å²) in [4.78, 5) is 11.0. The maximum Gasteiger partial charge on any atom is 0.163 e. The van der Waals surface area contributed by atoms with E-state index in [9.17, 15) is 9.18 Å². The first kappa shape index (κ1) is 10.1. The van der Waals surface area contributed by atoms with Crippen molar-refractivity contribution in [3.05, 3.63) is 31.6 Å². The number of rotatable bonds is 1. The van der Waals surface area contributed by atoms with Crippen LogP contribution in [0.25, 0.3) is 0 Å². The van der Waals surface area contributed by atoms with Crippen molar-refractivity contribution >= 4 is 44.3 Å². The molecule has 64 valence electrons. The molecule has 0 radical (unpaired) electrons. The number of ketones is 1. The quantitative estimate of drug-likeness (QED) is 0.434. The summed E-state index contributed by atoms with van der Waals surface area (Å²) in [7, 11) is 0. The number of Topliss-reactive ketones (excluding diaryl/α,β-unsaturated/α-hetero) is 1. The summed E-state index contributed by atoms with van der Waals surface area (Å²) in [5.41, 5.74) is 0.157. The van der Waals surface area contributed by atoms with Crippen molar-refractivity contribution in [2.75, 3.05) is 0 Å². The van der Waals surface area contributed by atoms with Crippen molar-refractivity contribution in [3.63, 3.8) is 0 Å². The van der Waals surface area contributed by atoms with Crippen LogP contribution in [-0.2, 0) is 0 Å². The average Bonchev–Trinajstić information content (AvgIpc) is 1.97. The smallest absolute Gasteiger partial charge is 0.163 e. The van der Waals surface area contributed by atoms with Crippen molar-refractivity contribution in [3.8, 4) is 0 Å². The van der Waals surface area contributed by atoms with E-state index in [2.05, 4.69) is 15.9 Å². The van der Waals surface area contributed by atoms with Crippen molar-refractivity contribution in [1.82, 2.24) is 0 Å². The van der Waals surface area contributed by atoms with E-state index in [0.29, 0.717) is 3.57 Å². The Morgan fingerprint density at radius 3 is 2.58 bits per heavy atom. The van der Waals surface area contributed by atoms with Gasteiger partial charge in [0.05, 0.1) is 5.56 Å². The average molecular weight is 343 g/mol. The van der Waals surface area contributed by atoms with Gasteiger partial charge in [0, 0.05) is 8.04 Å². The molecule has 0 saturated carbocycles. The van der Waals surface area contributed by atoms with Gasteiger partial charge in [0.1, 0.15) is 5.82 Å². The highest BCUT2D eigenvalue weighted by atomic mass is 127. The van der Waals surface area contributed by atoms with Gasteiger partial charge >= 0.3 is 0 Å². The van der Waals surface area contributed by atoms with Gasteiger partial charge in [-0.2, -0.15) is 0 Å². The zero-order valence-electron chi connectivity index (χ0n) is 6.20. The van der Waals surface area contributed by atoms with E-state index in [1.54, 1.807) is 6.07 Å². The Kier molecular flexibility index (Phi) is 3.22. The van der Waals surface area contributed by atoms with Gasteiger partial charge in [-0.15, -0.1) is 0 Å². The number of hydrogen-bond donors (Lipinski definition) is 0. The minimum atomic E-state index is -0.463. The molecule has 0 N–H and O–H groups in total. The second kappa shape index (κ2) is 3.83. The third-order valence-corrected chi connectivity index (χ3v) is 3.92. The summed E-state index contributed by atoms with van der Waals surface area (Å²) in [5.74, 6) is -0.715. The lowest BCUT2D eigenvalue weighted by molar-refractivity contribution is 0.101. The lowest BCUT2D eigenvalue weighted by atomic mass is 10.1. The second-order valence-corrected chi connectivity index (χ2v) is 4.21. The molecule has 0 bridgehead atoms. The molecule has 0 atom stereocenters. The molecule has 0 aromatic heterocycles. The molecule has 0 fully saturated rings. The first-order chi connectivity index (χ1) is 5.54. The maximum absolute atomic E-state index is 13.0. The van der Waals surface area contributed by atoms with Crippen LogP contribution in [0.1, 0.15) is 17.3 Å². The number of benzene rings is 1. The Balaban J connectivity index is 3.43. The van der Waals surface area contributed by atoms with E-state index >= 15 is 0 Å². The Hall–Kier alpha value is 0.0300. The molecule has 0 amide bonds. The highest BCUT2D eigenvalue weighted by molar-refractivity contribution is 14.1. The van der Waals surface area contributed by atoms with Crippen LogP contribution in [0.2, 0.25) is 0 Å². The van der Waals surface area contributed by atoms with Crippen LogP contribution in [0.5, 0.6) is 0 Å². The zero-order chi connectivity index (χ0) is 9.30. The molecule has 1 aromatic carbocycles. The fourth-order valence-electron chi connectivity index (χ4n) is 0.850. The van der Waals surface area contributed by atoms with Gasteiger partial charge in [-0.25, -0.2) is 4.39 Å². The SMILES string of the molecule is CC(=O)c1c(F)ccc(Br)c1I. The molecule has 0 aliphatic rings. The summed E-state index contributed by atoms with van der Waals surface area (Å²) in [5, 5.41) is 0. The van der Waals surface area contributed by atoms with Gasteiger partial charge in [-0.05, 0) is 57.6 Å². The van der Waals surface area contributed by atoms with Gasteiger partial charge in [0.25, 0.3) is 0 Å². The number of carbonyl (C=O) groups excluding carboxylic acids is 1. The van der Waals surface area contributed by atoms with Crippen molar-refractivity contribution in [2.45, 2.75) is 6.92 Å². The predicted molar refractivity (Wildman–Crippen MR) is 56.8 cm³/mol. The van der Waals surface area contributed by atoms with Gasteiger partial charge in [0.15, 0.2) is 5.78 Å². The van der Waals surface area contributed by atoms with Crippen LogP contribution >= 0.6 is 38.5 Å². The molecule has 1 aromatic rings. The Bertz CT molecular complexity index is 338. The summed E-state index contributed by atoms with van der Waals surface area (Å²) < 4.78 is 14.4. The van der Waals surface area contributed by atoms with Gasteiger partial charge < -0.3 is 0 Å². The van der Waals surface area contributed by atoms with Gasteiger partial charge in [-0.3, -0.25) is 4.79 Å². The molecule has 0 aliphatic heterocycles. The van der Waals surface area contributed by atoms with Crippen molar-refractivity contribution < 1.29 is 9.18 Å². The van der Waals surface area contributed by atoms with Crippen LogP contribution in [-0.4, -0.2) is 5.78 Å². The van der Waals surface area contributed by atoms with Crippen LogP contribution in [0, 0.1) is 9.39 Å². The molecule has 0 aliphatic carbocycles. The third-order valence-electron chi connectivity index (χ3n) is 1.40. The van der Waals surface area contributed by atoms with Crippen LogP contribution in [0.4, 0.5) is 4.39 Å². The summed E-state index contributed by atoms with van der Waals surface area (Å²) in [6, 6.07) is 2.87. The van der Waals surface area contributed by atoms with Crippen LogP contribution in [0.3, 0.4) is 0 Å². The second-order valence-electron chi connectivity index (χ2n) is 2.27. The lowest BCUT2D eigenvalue weighted by Crippen LogP contribution is -2.00. The van der Waals surface area contributed by atoms with Crippen molar-refractivity contribution in [1.29, 1.82) is 0 Å². The first-order valence-corrected chi connectivity index (χ1v) is 5.05. The highest BCUT2D eigenvalue weighted by Gasteiger charge is 2.13. The van der Waals surface area contributed by atoms with Crippen LogP contribution in [0.15, 0.2) is 16.6 Å². The van der Waals surface area contributed by atoms with E-state index in [-0.39, 0.29) is 11.3 Å². The monoisotopic (exact) mass is 342 g/mol. The molecule has 1 rings (SSSR count). The van der Waals surface area contributed by atoms with Crippen molar-refractivity contribution in [2.24, 2.45) is 0 Å². The molecule has 0 unspecified atom stereocenters.